The van der Waals surface area contributed by atoms with Gasteiger partial charge in [0, 0.05) is 19.6 Å². The van der Waals surface area contributed by atoms with Gasteiger partial charge < -0.3 is 9.63 Å². The van der Waals surface area contributed by atoms with Crippen LogP contribution in [0.3, 0.4) is 0 Å². The Labute approximate surface area is 126 Å². The van der Waals surface area contributed by atoms with Gasteiger partial charge in [0.2, 0.25) is 0 Å². The van der Waals surface area contributed by atoms with E-state index in [9.17, 15) is 13.9 Å². The summed E-state index contributed by atoms with van der Waals surface area (Å²) < 4.78 is 31.1. The molecule has 1 aliphatic heterocycles. The second kappa shape index (κ2) is 5.73. The normalized spacial score (nSPS) is 22.4. The molecule has 1 aromatic heterocycles. The molecule has 1 aromatic carbocycles. The van der Waals surface area contributed by atoms with E-state index in [1.54, 1.807) is 13.0 Å². The van der Waals surface area contributed by atoms with Gasteiger partial charge in [-0.15, -0.1) is 0 Å². The summed E-state index contributed by atoms with van der Waals surface area (Å²) >= 11 is 0. The van der Waals surface area contributed by atoms with E-state index in [2.05, 4.69) is 10.1 Å². The van der Waals surface area contributed by atoms with Gasteiger partial charge in [-0.1, -0.05) is 11.2 Å². The molecular weight excluding hydrogens is 292 g/mol. The van der Waals surface area contributed by atoms with Crippen molar-refractivity contribution in [2.24, 2.45) is 0 Å². The molecule has 1 aliphatic rings. The van der Waals surface area contributed by atoms with Crippen LogP contribution in [0.25, 0.3) is 0 Å². The van der Waals surface area contributed by atoms with Crippen LogP contribution >= 0.6 is 0 Å². The Morgan fingerprint density at radius 3 is 2.86 bits per heavy atom. The van der Waals surface area contributed by atoms with Gasteiger partial charge in [0.25, 0.3) is 5.89 Å². The molecule has 1 saturated heterocycles. The Morgan fingerprint density at radius 2 is 2.18 bits per heavy atom. The summed E-state index contributed by atoms with van der Waals surface area (Å²) in [7, 11) is 0. The summed E-state index contributed by atoms with van der Waals surface area (Å²) in [5.41, 5.74) is -0.405. The number of aliphatic hydroxyl groups is 1. The zero-order valence-electron chi connectivity index (χ0n) is 12.2. The monoisotopic (exact) mass is 309 g/mol. The highest BCUT2D eigenvalue weighted by atomic mass is 19.2. The number of halogens is 2. The first-order valence-corrected chi connectivity index (χ1v) is 7.16. The third-order valence-electron chi connectivity index (χ3n) is 3.95. The fraction of sp³-hybridized carbons (Fsp3) is 0.467. The Kier molecular flexibility index (Phi) is 3.92. The van der Waals surface area contributed by atoms with Gasteiger partial charge >= 0.3 is 0 Å². The maximum atomic E-state index is 13.2. The van der Waals surface area contributed by atoms with Crippen LogP contribution in [0.5, 0.6) is 0 Å². The van der Waals surface area contributed by atoms with Crippen LogP contribution in [0.1, 0.15) is 23.7 Å². The molecule has 0 spiro atoms. The van der Waals surface area contributed by atoms with Crippen LogP contribution in [0.4, 0.5) is 8.78 Å². The summed E-state index contributed by atoms with van der Waals surface area (Å²) in [6, 6.07) is 3.91. The molecule has 0 aliphatic carbocycles. The van der Waals surface area contributed by atoms with Gasteiger partial charge in [0.1, 0.15) is 0 Å². The zero-order valence-corrected chi connectivity index (χ0v) is 12.2. The highest BCUT2D eigenvalue weighted by molar-refractivity contribution is 5.18. The lowest BCUT2D eigenvalue weighted by Crippen LogP contribution is -2.32. The summed E-state index contributed by atoms with van der Waals surface area (Å²) in [6.45, 7) is 3.41. The summed E-state index contributed by atoms with van der Waals surface area (Å²) in [5.74, 6) is -0.952. The van der Waals surface area contributed by atoms with Gasteiger partial charge in [0.05, 0.1) is 0 Å². The minimum Gasteiger partial charge on any atom is -0.379 e. The predicted molar refractivity (Wildman–Crippen MR) is 74.1 cm³/mol. The van der Waals surface area contributed by atoms with E-state index in [-0.39, 0.29) is 5.89 Å². The van der Waals surface area contributed by atoms with E-state index in [1.165, 1.54) is 6.07 Å². The number of nitrogens with zero attached hydrogens (tertiary/aromatic N) is 3. The first-order chi connectivity index (χ1) is 10.5. The number of aryl methyl sites for hydroxylation is 1. The minimum absolute atomic E-state index is 0.236. The second-order valence-electron chi connectivity index (χ2n) is 5.70. The molecule has 1 N–H and O–H groups in total. The third-order valence-corrected chi connectivity index (χ3v) is 3.95. The van der Waals surface area contributed by atoms with Crippen molar-refractivity contribution in [3.8, 4) is 0 Å². The zero-order chi connectivity index (χ0) is 15.7. The molecular formula is C15H17F2N3O2. The molecule has 22 heavy (non-hydrogen) atoms. The average Bonchev–Trinajstić information content (AvgIpc) is 3.08. The van der Waals surface area contributed by atoms with Gasteiger partial charge in [-0.25, -0.2) is 8.78 Å². The lowest BCUT2D eigenvalue weighted by molar-refractivity contribution is 0.0139. The highest BCUT2D eigenvalue weighted by Gasteiger charge is 2.42. The van der Waals surface area contributed by atoms with Crippen molar-refractivity contribution >= 4 is 0 Å². The number of benzene rings is 1. The average molecular weight is 309 g/mol. The molecule has 1 atom stereocenters. The molecule has 3 rings (SSSR count). The Balaban J connectivity index is 1.60. The van der Waals surface area contributed by atoms with Crippen molar-refractivity contribution in [2.75, 3.05) is 19.6 Å². The molecule has 2 aromatic rings. The fourth-order valence-electron chi connectivity index (χ4n) is 2.70. The molecule has 0 radical (unpaired) electrons. The maximum absolute atomic E-state index is 13.2. The highest BCUT2D eigenvalue weighted by Crippen LogP contribution is 2.30. The van der Waals surface area contributed by atoms with Crippen LogP contribution < -0.4 is 0 Å². The number of hydrogen-bond donors (Lipinski definition) is 1. The molecule has 0 saturated carbocycles. The lowest BCUT2D eigenvalue weighted by Gasteiger charge is -2.19. The van der Waals surface area contributed by atoms with Crippen molar-refractivity contribution in [3.63, 3.8) is 0 Å². The van der Waals surface area contributed by atoms with E-state index >= 15 is 0 Å². The SMILES string of the molecule is Cc1noc(C2(O)CCN(CCc3ccc(F)c(F)c3)C2)n1. The Hall–Kier alpha value is -1.86. The topological polar surface area (TPSA) is 62.4 Å². The molecule has 0 amide bonds. The second-order valence-corrected chi connectivity index (χ2v) is 5.70. The van der Waals surface area contributed by atoms with Crippen molar-refractivity contribution in [2.45, 2.75) is 25.4 Å². The number of likely N-dealkylation sites (tertiary alicyclic amines) is 1. The van der Waals surface area contributed by atoms with Crippen molar-refractivity contribution in [1.29, 1.82) is 0 Å². The predicted octanol–water partition coefficient (Wildman–Crippen LogP) is 1.79. The largest absolute Gasteiger partial charge is 0.379 e. The van der Waals surface area contributed by atoms with E-state index in [0.29, 0.717) is 38.3 Å². The molecule has 0 bridgehead atoms. The van der Waals surface area contributed by atoms with Gasteiger partial charge in [0.15, 0.2) is 23.1 Å². The maximum Gasteiger partial charge on any atom is 0.259 e. The van der Waals surface area contributed by atoms with Gasteiger partial charge in [-0.3, -0.25) is 4.90 Å². The molecule has 5 nitrogen and oxygen atoms in total. The first kappa shape index (κ1) is 15.1. The number of rotatable bonds is 4. The molecule has 2 heterocycles. The summed E-state index contributed by atoms with van der Waals surface area (Å²) in [5, 5.41) is 14.3. The molecule has 1 fully saturated rings. The summed E-state index contributed by atoms with van der Waals surface area (Å²) in [4.78, 5) is 6.14. The van der Waals surface area contributed by atoms with Crippen LogP contribution in [0.2, 0.25) is 0 Å². The Bertz CT molecular complexity index is 677. The van der Waals surface area contributed by atoms with Crippen LogP contribution in [0.15, 0.2) is 22.7 Å². The molecule has 118 valence electrons. The van der Waals surface area contributed by atoms with Crippen molar-refractivity contribution in [1.82, 2.24) is 15.0 Å². The van der Waals surface area contributed by atoms with Crippen molar-refractivity contribution < 1.29 is 18.4 Å². The number of hydrogen-bond acceptors (Lipinski definition) is 5. The smallest absolute Gasteiger partial charge is 0.259 e. The quantitative estimate of drug-likeness (QED) is 0.933. The van der Waals surface area contributed by atoms with E-state index in [4.69, 9.17) is 4.52 Å². The lowest BCUT2D eigenvalue weighted by atomic mass is 10.0. The Morgan fingerprint density at radius 1 is 1.36 bits per heavy atom. The van der Waals surface area contributed by atoms with Crippen LogP contribution in [0, 0.1) is 18.6 Å². The van der Waals surface area contributed by atoms with Crippen LogP contribution in [-0.2, 0) is 12.0 Å². The third kappa shape index (κ3) is 3.00. The van der Waals surface area contributed by atoms with E-state index in [1.807, 2.05) is 4.90 Å². The van der Waals surface area contributed by atoms with Gasteiger partial charge in [-0.2, -0.15) is 4.98 Å². The first-order valence-electron chi connectivity index (χ1n) is 7.16. The summed E-state index contributed by atoms with van der Waals surface area (Å²) in [6.07, 6.45) is 1.09. The molecule has 1 unspecified atom stereocenters. The van der Waals surface area contributed by atoms with Crippen LogP contribution in [-0.4, -0.2) is 39.8 Å². The van der Waals surface area contributed by atoms with Crippen molar-refractivity contribution in [3.05, 3.63) is 47.1 Å². The fourth-order valence-corrected chi connectivity index (χ4v) is 2.70. The number of β-amino-alcohol motifs (C(OH)–C–C–N with tert-alkyl or cyclic N) is 1. The number of aromatic nitrogens is 2. The van der Waals surface area contributed by atoms with E-state index in [0.717, 1.165) is 11.6 Å². The molecule has 7 heteroatoms. The standard InChI is InChI=1S/C15H17F2N3O2/c1-10-18-14(22-19-10)15(21)5-7-20(9-15)6-4-11-2-3-12(16)13(17)8-11/h2-3,8,21H,4-7,9H2,1H3. The minimum atomic E-state index is -1.13. The van der Waals surface area contributed by atoms with E-state index < -0.39 is 17.2 Å². The van der Waals surface area contributed by atoms with Gasteiger partial charge in [-0.05, 0) is 37.5 Å².